The molecule has 0 aliphatic heterocycles. The summed E-state index contributed by atoms with van der Waals surface area (Å²) in [5.74, 6) is -1.02. The number of carbonyl (C=O) groups excluding carboxylic acids is 2. The van der Waals surface area contributed by atoms with E-state index in [0.29, 0.717) is 25.9 Å². The summed E-state index contributed by atoms with van der Waals surface area (Å²) in [6.45, 7) is 2.05. The van der Waals surface area contributed by atoms with Gasteiger partial charge in [0.25, 0.3) is 0 Å². The topological polar surface area (TPSA) is 52.6 Å². The van der Waals surface area contributed by atoms with E-state index in [9.17, 15) is 9.59 Å². The fourth-order valence-corrected chi connectivity index (χ4v) is 1.67. The molecule has 0 spiro atoms. The molecule has 0 aromatic rings. The first kappa shape index (κ1) is 11.2. The Kier molecular flexibility index (Phi) is 4.07. The Balaban J connectivity index is 2.56. The second-order valence-electron chi connectivity index (χ2n) is 3.40. The van der Waals surface area contributed by atoms with Crippen molar-refractivity contribution in [2.75, 3.05) is 13.7 Å². The van der Waals surface area contributed by atoms with Gasteiger partial charge in [0.2, 0.25) is 0 Å². The number of rotatable bonds is 3. The van der Waals surface area contributed by atoms with Gasteiger partial charge in [-0.25, -0.2) is 0 Å². The summed E-state index contributed by atoms with van der Waals surface area (Å²) in [6.07, 6.45) is 1.61. The van der Waals surface area contributed by atoms with Gasteiger partial charge < -0.3 is 9.47 Å². The molecule has 1 saturated carbocycles. The van der Waals surface area contributed by atoms with Gasteiger partial charge in [0.1, 0.15) is 11.7 Å². The molecule has 0 bridgehead atoms. The summed E-state index contributed by atoms with van der Waals surface area (Å²) in [5, 5.41) is 0. The molecule has 0 radical (unpaired) electrons. The van der Waals surface area contributed by atoms with E-state index in [1.807, 2.05) is 0 Å². The van der Waals surface area contributed by atoms with Crippen LogP contribution in [0.25, 0.3) is 0 Å². The van der Waals surface area contributed by atoms with Gasteiger partial charge in [-0.15, -0.1) is 0 Å². The van der Waals surface area contributed by atoms with Crippen LogP contribution in [-0.4, -0.2) is 31.6 Å². The van der Waals surface area contributed by atoms with Crippen molar-refractivity contribution in [2.45, 2.75) is 32.3 Å². The molecule has 1 rings (SSSR count). The molecule has 4 nitrogen and oxygen atoms in total. The number of hydrogen-bond donors (Lipinski definition) is 0. The third-order valence-electron chi connectivity index (χ3n) is 2.50. The molecule has 0 saturated heterocycles. The van der Waals surface area contributed by atoms with E-state index in [2.05, 4.69) is 0 Å². The molecule has 0 amide bonds. The molecule has 1 aliphatic rings. The number of carbonyl (C=O) groups is 2. The predicted octanol–water partition coefficient (Wildman–Crippen LogP) is 0.934. The number of ketones is 1. The fraction of sp³-hybridized carbons (Fsp3) is 0.800. The van der Waals surface area contributed by atoms with Gasteiger partial charge in [0, 0.05) is 13.5 Å². The zero-order chi connectivity index (χ0) is 10.6. The first-order valence-electron chi connectivity index (χ1n) is 4.91. The quantitative estimate of drug-likeness (QED) is 0.502. The highest BCUT2D eigenvalue weighted by molar-refractivity contribution is 5.99. The van der Waals surface area contributed by atoms with Gasteiger partial charge in [0.15, 0.2) is 0 Å². The Bertz CT molecular complexity index is 224. The summed E-state index contributed by atoms with van der Waals surface area (Å²) in [7, 11) is 1.60. The van der Waals surface area contributed by atoms with Crippen LogP contribution >= 0.6 is 0 Å². The van der Waals surface area contributed by atoms with Crippen LogP contribution in [0.1, 0.15) is 26.2 Å². The van der Waals surface area contributed by atoms with Gasteiger partial charge >= 0.3 is 5.97 Å². The zero-order valence-corrected chi connectivity index (χ0v) is 8.62. The lowest BCUT2D eigenvalue weighted by Gasteiger charge is -2.25. The smallest absolute Gasteiger partial charge is 0.316 e. The molecule has 1 aliphatic carbocycles. The number of ether oxygens (including phenoxy) is 2. The Morgan fingerprint density at radius 1 is 1.57 bits per heavy atom. The highest BCUT2D eigenvalue weighted by Crippen LogP contribution is 2.24. The van der Waals surface area contributed by atoms with E-state index in [-0.39, 0.29) is 11.9 Å². The van der Waals surface area contributed by atoms with Crippen LogP contribution in [0.3, 0.4) is 0 Å². The molecule has 0 aromatic carbocycles. The third-order valence-corrected chi connectivity index (χ3v) is 2.50. The molecule has 4 heteroatoms. The van der Waals surface area contributed by atoms with Crippen molar-refractivity contribution >= 4 is 11.8 Å². The molecule has 0 aromatic heterocycles. The maximum absolute atomic E-state index is 11.4. The first-order valence-corrected chi connectivity index (χ1v) is 4.91. The van der Waals surface area contributed by atoms with Crippen molar-refractivity contribution < 1.29 is 19.1 Å². The number of hydrogen-bond acceptors (Lipinski definition) is 4. The van der Waals surface area contributed by atoms with E-state index in [4.69, 9.17) is 9.47 Å². The lowest BCUT2D eigenvalue weighted by Crippen LogP contribution is -2.35. The Morgan fingerprint density at radius 3 is 2.86 bits per heavy atom. The van der Waals surface area contributed by atoms with Gasteiger partial charge in [-0.3, -0.25) is 9.59 Å². The molecular weight excluding hydrogens is 184 g/mol. The summed E-state index contributed by atoms with van der Waals surface area (Å²) in [6, 6.07) is 0. The van der Waals surface area contributed by atoms with Gasteiger partial charge in [0.05, 0.1) is 12.7 Å². The molecule has 80 valence electrons. The van der Waals surface area contributed by atoms with Crippen LogP contribution in [0.4, 0.5) is 0 Å². The summed E-state index contributed by atoms with van der Waals surface area (Å²) in [5.41, 5.74) is 0. The van der Waals surface area contributed by atoms with Crippen molar-refractivity contribution in [3.63, 3.8) is 0 Å². The van der Waals surface area contributed by atoms with Crippen molar-refractivity contribution in [3.8, 4) is 0 Å². The lowest BCUT2D eigenvalue weighted by molar-refractivity contribution is -0.155. The summed E-state index contributed by atoms with van der Waals surface area (Å²) < 4.78 is 9.97. The van der Waals surface area contributed by atoms with Crippen molar-refractivity contribution in [3.05, 3.63) is 0 Å². The molecule has 2 unspecified atom stereocenters. The van der Waals surface area contributed by atoms with Crippen LogP contribution in [0.15, 0.2) is 0 Å². The Labute approximate surface area is 83.6 Å². The minimum Gasteiger partial charge on any atom is -0.465 e. The van der Waals surface area contributed by atoms with Crippen molar-refractivity contribution in [1.29, 1.82) is 0 Å². The van der Waals surface area contributed by atoms with Crippen LogP contribution in [0.5, 0.6) is 0 Å². The molecular formula is C10H16O4. The maximum atomic E-state index is 11.4. The second-order valence-corrected chi connectivity index (χ2v) is 3.40. The largest absolute Gasteiger partial charge is 0.465 e. The van der Waals surface area contributed by atoms with E-state index < -0.39 is 11.9 Å². The predicted molar refractivity (Wildman–Crippen MR) is 49.8 cm³/mol. The number of esters is 1. The second kappa shape index (κ2) is 5.10. The highest BCUT2D eigenvalue weighted by atomic mass is 16.5. The number of Topliss-reactive ketones (excluding diaryl/α,β-unsaturated/α-hetero) is 1. The minimum atomic E-state index is -0.603. The van der Waals surface area contributed by atoms with Crippen LogP contribution in [0, 0.1) is 5.92 Å². The maximum Gasteiger partial charge on any atom is 0.316 e. The average molecular weight is 200 g/mol. The normalized spacial score (nSPS) is 27.4. The van der Waals surface area contributed by atoms with Gasteiger partial charge in [-0.05, 0) is 19.8 Å². The molecule has 0 heterocycles. The average Bonchev–Trinajstić information content (AvgIpc) is 2.19. The molecule has 2 atom stereocenters. The molecule has 0 N–H and O–H groups in total. The van der Waals surface area contributed by atoms with Crippen molar-refractivity contribution in [2.24, 2.45) is 5.92 Å². The lowest BCUT2D eigenvalue weighted by atomic mass is 9.86. The SMILES string of the molecule is CCOC(=O)C1CC(OC)CCC1=O. The molecule has 1 fully saturated rings. The monoisotopic (exact) mass is 200 g/mol. The first-order chi connectivity index (χ1) is 6.69. The number of methoxy groups -OCH3 is 1. The van der Waals surface area contributed by atoms with Crippen molar-refractivity contribution in [1.82, 2.24) is 0 Å². The van der Waals surface area contributed by atoms with E-state index in [0.717, 1.165) is 0 Å². The highest BCUT2D eigenvalue weighted by Gasteiger charge is 2.34. The molecule has 14 heavy (non-hydrogen) atoms. The van der Waals surface area contributed by atoms with Gasteiger partial charge in [-0.1, -0.05) is 0 Å². The Morgan fingerprint density at radius 2 is 2.29 bits per heavy atom. The van der Waals surface area contributed by atoms with Gasteiger partial charge in [-0.2, -0.15) is 0 Å². The zero-order valence-electron chi connectivity index (χ0n) is 8.62. The minimum absolute atomic E-state index is 0.0158. The standard InChI is InChI=1S/C10H16O4/c1-3-14-10(12)8-6-7(13-2)4-5-9(8)11/h7-8H,3-6H2,1-2H3. The Hall–Kier alpha value is -0.900. The van der Waals surface area contributed by atoms with E-state index >= 15 is 0 Å². The fourth-order valence-electron chi connectivity index (χ4n) is 1.67. The van der Waals surface area contributed by atoms with Crippen LogP contribution < -0.4 is 0 Å². The summed E-state index contributed by atoms with van der Waals surface area (Å²) in [4.78, 5) is 22.8. The van der Waals surface area contributed by atoms with E-state index in [1.54, 1.807) is 14.0 Å². The van der Waals surface area contributed by atoms with Crippen LogP contribution in [0.2, 0.25) is 0 Å². The van der Waals surface area contributed by atoms with E-state index in [1.165, 1.54) is 0 Å². The summed E-state index contributed by atoms with van der Waals surface area (Å²) >= 11 is 0. The van der Waals surface area contributed by atoms with Crippen LogP contribution in [-0.2, 0) is 19.1 Å². The third kappa shape index (κ3) is 2.54.